The van der Waals surface area contributed by atoms with E-state index in [9.17, 15) is 5.26 Å². The standard InChI is InChI=1S/C50H30BN3O2/c52-27-28-8-1-13-31(22-28)32-23-39-46-40(24-32)54-37-18-4-11-29-9-2-15-34(43(29)37)35-16-6-20-42-45(35)47(54)49(56-42)51(46)48-41-26-50(21-7-14-33(25-50)55-48)36-17-3-10-30-12-5-19-38(44(30)36)53(39)41/h1-24,38,44H,25-26H2/t38-,44?,50?/m1/s1. The zero-order valence-corrected chi connectivity index (χ0v) is 30.2. The number of hydrogen-bond acceptors (Lipinski definition) is 4. The van der Waals surface area contributed by atoms with Crippen molar-refractivity contribution in [3.63, 3.8) is 0 Å². The van der Waals surface area contributed by atoms with E-state index >= 15 is 0 Å². The van der Waals surface area contributed by atoms with Crippen LogP contribution in [0.15, 0.2) is 178 Å². The average molecular weight is 716 g/mol. The lowest BCUT2D eigenvalue weighted by Gasteiger charge is -2.46. The maximum atomic E-state index is 10.1. The van der Waals surface area contributed by atoms with Crippen LogP contribution in [-0.2, 0) is 4.74 Å². The normalized spacial score (nSPS) is 23.0. The topological polar surface area (TPSA) is 54.3 Å². The molecule has 3 atom stereocenters. The average Bonchev–Trinajstić information content (AvgIpc) is 3.45. The molecule has 7 aliphatic rings. The zero-order valence-electron chi connectivity index (χ0n) is 30.2. The van der Waals surface area contributed by atoms with E-state index in [2.05, 4.69) is 143 Å². The molecule has 1 fully saturated rings. The van der Waals surface area contributed by atoms with Crippen molar-refractivity contribution in [1.29, 1.82) is 5.26 Å². The number of allylic oxidation sites excluding steroid dienone is 10. The van der Waals surface area contributed by atoms with Crippen molar-refractivity contribution in [3.8, 4) is 22.9 Å². The molecule has 6 heterocycles. The summed E-state index contributed by atoms with van der Waals surface area (Å²) >= 11 is 0. The van der Waals surface area contributed by atoms with E-state index in [1.54, 1.807) is 0 Å². The number of anilines is 1. The van der Waals surface area contributed by atoms with Gasteiger partial charge in [-0.15, -0.1) is 0 Å². The minimum Gasteiger partial charge on any atom is -0.473 e. The fourth-order valence-corrected chi connectivity index (χ4v) is 11.6. The van der Waals surface area contributed by atoms with Gasteiger partial charge in [-0.3, -0.25) is 0 Å². The Bertz CT molecular complexity index is 3330. The minimum absolute atomic E-state index is 0.0303. The van der Waals surface area contributed by atoms with Crippen molar-refractivity contribution in [1.82, 2.24) is 4.57 Å². The highest BCUT2D eigenvalue weighted by atomic mass is 16.5. The zero-order chi connectivity index (χ0) is 36.4. The summed E-state index contributed by atoms with van der Waals surface area (Å²) in [7, 11) is 0. The Hall–Kier alpha value is -6.97. The van der Waals surface area contributed by atoms with Crippen LogP contribution >= 0.6 is 0 Å². The van der Waals surface area contributed by atoms with Gasteiger partial charge < -0.3 is 18.6 Å². The van der Waals surface area contributed by atoms with Gasteiger partial charge in [-0.05, 0) is 86.4 Å². The molecule has 4 aliphatic heterocycles. The van der Waals surface area contributed by atoms with Crippen LogP contribution in [0.1, 0.15) is 18.4 Å². The van der Waals surface area contributed by atoms with Gasteiger partial charge in [0.2, 0.25) is 0 Å². The molecule has 3 bridgehead atoms. The van der Waals surface area contributed by atoms with Crippen LogP contribution in [0.5, 0.6) is 0 Å². The van der Waals surface area contributed by atoms with Crippen molar-refractivity contribution in [3.05, 3.63) is 180 Å². The second-order valence-corrected chi connectivity index (χ2v) is 16.3. The van der Waals surface area contributed by atoms with Gasteiger partial charge in [0, 0.05) is 46.6 Å². The summed E-state index contributed by atoms with van der Waals surface area (Å²) in [6.45, 7) is -0.273. The molecular formula is C50H30BN3O2. The van der Waals surface area contributed by atoms with Crippen LogP contribution in [-0.4, -0.2) is 17.3 Å². The third-order valence-corrected chi connectivity index (χ3v) is 13.7. The van der Waals surface area contributed by atoms with Crippen LogP contribution in [0.4, 0.5) is 5.69 Å². The van der Waals surface area contributed by atoms with E-state index in [1.807, 2.05) is 18.2 Å². The lowest BCUT2D eigenvalue weighted by molar-refractivity contribution is 0.284. The van der Waals surface area contributed by atoms with E-state index in [0.717, 1.165) is 68.7 Å². The number of benzene rings is 5. The fourth-order valence-electron chi connectivity index (χ4n) is 11.6. The van der Waals surface area contributed by atoms with Crippen LogP contribution in [0.2, 0.25) is 0 Å². The van der Waals surface area contributed by atoms with Crippen molar-refractivity contribution < 1.29 is 9.15 Å². The van der Waals surface area contributed by atoms with Crippen LogP contribution in [0.25, 0.3) is 60.4 Å². The van der Waals surface area contributed by atoms with Gasteiger partial charge in [0.25, 0.3) is 0 Å². The largest absolute Gasteiger partial charge is 0.473 e. The summed E-state index contributed by atoms with van der Waals surface area (Å²) in [5.74, 6) is 1.18. The molecule has 3 aliphatic carbocycles. The highest BCUT2D eigenvalue weighted by Crippen LogP contribution is 2.59. The summed E-state index contributed by atoms with van der Waals surface area (Å²) in [4.78, 5) is 2.64. The van der Waals surface area contributed by atoms with Gasteiger partial charge in [0.1, 0.15) is 17.0 Å². The van der Waals surface area contributed by atoms with E-state index in [4.69, 9.17) is 9.15 Å². The molecule has 14 rings (SSSR count). The number of hydrogen-bond donors (Lipinski definition) is 0. The first-order valence-corrected chi connectivity index (χ1v) is 19.6. The number of ether oxygens (including phenoxy) is 1. The molecule has 1 spiro atoms. The summed E-state index contributed by atoms with van der Waals surface area (Å²) in [6.07, 6.45) is 22.4. The molecule has 0 saturated carbocycles. The maximum absolute atomic E-state index is 10.1. The van der Waals surface area contributed by atoms with Crippen molar-refractivity contribution >= 4 is 67.1 Å². The lowest BCUT2D eigenvalue weighted by Crippen LogP contribution is -2.57. The Labute approximate surface area is 322 Å². The van der Waals surface area contributed by atoms with E-state index < -0.39 is 0 Å². The molecule has 0 N–H and O–H groups in total. The number of fused-ring (bicyclic) bond motifs is 8. The van der Waals surface area contributed by atoms with Crippen LogP contribution < -0.4 is 16.0 Å². The number of aromatic nitrogens is 1. The number of nitriles is 1. The second-order valence-electron chi connectivity index (χ2n) is 16.3. The van der Waals surface area contributed by atoms with Gasteiger partial charge in [-0.25, -0.2) is 0 Å². The van der Waals surface area contributed by atoms with Gasteiger partial charge >= 0.3 is 6.71 Å². The smallest absolute Gasteiger partial charge is 0.341 e. The monoisotopic (exact) mass is 715 g/mol. The molecule has 0 radical (unpaired) electrons. The van der Waals surface area contributed by atoms with Gasteiger partial charge in [-0.1, -0.05) is 103 Å². The predicted octanol–water partition coefficient (Wildman–Crippen LogP) is 9.96. The maximum Gasteiger partial charge on any atom is 0.341 e. The summed E-state index contributed by atoms with van der Waals surface area (Å²) in [6, 6.07) is 35.1. The molecule has 5 nitrogen and oxygen atoms in total. The van der Waals surface area contributed by atoms with Crippen LogP contribution in [0, 0.1) is 22.7 Å². The third-order valence-electron chi connectivity index (χ3n) is 13.7. The van der Waals surface area contributed by atoms with E-state index in [0.29, 0.717) is 5.56 Å². The highest BCUT2D eigenvalue weighted by Gasteiger charge is 2.56. The van der Waals surface area contributed by atoms with Crippen LogP contribution in [0.3, 0.4) is 0 Å². The first kappa shape index (κ1) is 29.4. The highest BCUT2D eigenvalue weighted by molar-refractivity contribution is 6.94. The molecule has 260 valence electrons. The summed E-state index contributed by atoms with van der Waals surface area (Å²) in [5, 5.41) is 16.0. The Balaban J connectivity index is 1.20. The fraction of sp³-hybridized carbons (Fsp3) is 0.100. The SMILES string of the molecule is N#Cc1cccc(-c2cc3c4c(c2)-n2c5cccc6cccc(c7cccc8oc(c2c87)B4C2=C4CC7(C=CC=C(C7)O2)C2=CC=CC7=CC=C[C@H](C72)N43)c65)c1. The first-order valence-electron chi connectivity index (χ1n) is 19.6. The summed E-state index contributed by atoms with van der Waals surface area (Å²) in [5.41, 5.74) is 15.0. The molecule has 56 heavy (non-hydrogen) atoms. The van der Waals surface area contributed by atoms with E-state index in [-0.39, 0.29) is 24.1 Å². The lowest BCUT2D eigenvalue weighted by atomic mass is 9.38. The molecule has 2 aromatic heterocycles. The molecule has 0 amide bonds. The van der Waals surface area contributed by atoms with Gasteiger partial charge in [0.05, 0.1) is 39.8 Å². The number of rotatable bonds is 1. The molecule has 1 saturated heterocycles. The Morgan fingerprint density at radius 3 is 2.59 bits per heavy atom. The second kappa shape index (κ2) is 10.0. The van der Waals surface area contributed by atoms with Crippen molar-refractivity contribution in [2.24, 2.45) is 11.3 Å². The number of nitrogens with zero attached hydrogens (tertiary/aromatic N) is 3. The minimum atomic E-state index is -0.273. The molecule has 6 heteroatoms. The number of furan rings is 1. The predicted molar refractivity (Wildman–Crippen MR) is 224 cm³/mol. The molecule has 2 unspecified atom stereocenters. The Morgan fingerprint density at radius 1 is 0.804 bits per heavy atom. The molecule has 5 aromatic carbocycles. The summed E-state index contributed by atoms with van der Waals surface area (Å²) < 4.78 is 17.1. The quantitative estimate of drug-likeness (QED) is 0.159. The van der Waals surface area contributed by atoms with Gasteiger partial charge in [0.15, 0.2) is 0 Å². The van der Waals surface area contributed by atoms with Gasteiger partial charge in [-0.2, -0.15) is 5.26 Å². The van der Waals surface area contributed by atoms with Crippen molar-refractivity contribution in [2.45, 2.75) is 18.9 Å². The van der Waals surface area contributed by atoms with Crippen molar-refractivity contribution in [2.75, 3.05) is 4.90 Å². The Morgan fingerprint density at radius 2 is 1.66 bits per heavy atom. The third kappa shape index (κ3) is 3.45. The molecule has 7 aromatic rings. The Kier molecular flexibility index (Phi) is 5.26. The first-order chi connectivity index (χ1) is 27.7. The molecular weight excluding hydrogens is 685 g/mol. The van der Waals surface area contributed by atoms with E-state index in [1.165, 1.54) is 49.5 Å².